The summed E-state index contributed by atoms with van der Waals surface area (Å²) in [7, 11) is 0. The molecule has 0 saturated carbocycles. The molecule has 5 nitrogen and oxygen atoms in total. The van der Waals surface area contributed by atoms with Gasteiger partial charge in [0.25, 0.3) is 5.91 Å². The number of fused-ring (bicyclic) bond motifs is 1. The number of nitrogens with zero attached hydrogens (tertiary/aromatic N) is 2. The van der Waals surface area contributed by atoms with Crippen LogP contribution in [0.15, 0.2) is 48.7 Å². The van der Waals surface area contributed by atoms with Gasteiger partial charge in [-0.1, -0.05) is 6.07 Å². The van der Waals surface area contributed by atoms with E-state index in [2.05, 4.69) is 15.3 Å². The average Bonchev–Trinajstić information content (AvgIpc) is 2.50. The predicted octanol–water partition coefficient (Wildman–Crippen LogP) is 2.77. The van der Waals surface area contributed by atoms with Crippen molar-refractivity contribution in [3.8, 4) is 0 Å². The summed E-state index contributed by atoms with van der Waals surface area (Å²) in [5.41, 5.74) is 9.00. The molecule has 0 saturated heterocycles. The second kappa shape index (κ2) is 5.20. The van der Waals surface area contributed by atoms with E-state index in [1.807, 2.05) is 25.1 Å². The van der Waals surface area contributed by atoms with Gasteiger partial charge in [-0.05, 0) is 43.3 Å². The van der Waals surface area contributed by atoms with E-state index in [-0.39, 0.29) is 5.91 Å². The first-order valence-electron chi connectivity index (χ1n) is 6.53. The van der Waals surface area contributed by atoms with Crippen molar-refractivity contribution in [3.63, 3.8) is 0 Å². The van der Waals surface area contributed by atoms with Gasteiger partial charge in [-0.15, -0.1) is 0 Å². The number of hydrogen-bond acceptors (Lipinski definition) is 4. The zero-order valence-electron chi connectivity index (χ0n) is 11.5. The number of anilines is 2. The molecule has 2 heterocycles. The lowest BCUT2D eigenvalue weighted by Gasteiger charge is -2.09. The minimum absolute atomic E-state index is 0.256. The second-order valence-electron chi connectivity index (χ2n) is 4.72. The fourth-order valence-electron chi connectivity index (χ4n) is 2.16. The molecule has 0 atom stereocenters. The van der Waals surface area contributed by atoms with Crippen molar-refractivity contribution in [3.05, 3.63) is 60.0 Å². The Morgan fingerprint density at radius 2 is 2.00 bits per heavy atom. The van der Waals surface area contributed by atoms with Crippen molar-refractivity contribution in [1.82, 2.24) is 9.97 Å². The van der Waals surface area contributed by atoms with Crippen molar-refractivity contribution in [2.45, 2.75) is 6.92 Å². The van der Waals surface area contributed by atoms with Gasteiger partial charge in [-0.3, -0.25) is 9.78 Å². The number of nitrogens with one attached hydrogen (secondary N) is 1. The van der Waals surface area contributed by atoms with Crippen LogP contribution >= 0.6 is 0 Å². The highest BCUT2D eigenvalue weighted by molar-refractivity contribution is 6.09. The molecule has 0 aliphatic rings. The molecule has 0 radical (unpaired) electrons. The minimum Gasteiger partial charge on any atom is -0.397 e. The number of pyridine rings is 2. The topological polar surface area (TPSA) is 80.9 Å². The fraction of sp³-hybridized carbons (Fsp3) is 0.0625. The van der Waals surface area contributed by atoms with Crippen LogP contribution in [0, 0.1) is 6.92 Å². The molecule has 3 aromatic rings. The number of carbonyl (C=O) groups is 1. The van der Waals surface area contributed by atoms with Crippen molar-refractivity contribution >= 4 is 28.2 Å². The maximum Gasteiger partial charge on any atom is 0.274 e. The normalized spacial score (nSPS) is 10.5. The molecule has 0 bridgehead atoms. The molecule has 104 valence electrons. The van der Waals surface area contributed by atoms with Gasteiger partial charge in [0.15, 0.2) is 0 Å². The Kier molecular flexibility index (Phi) is 3.23. The Bertz CT molecular complexity index is 829. The molecule has 1 amide bonds. The van der Waals surface area contributed by atoms with Gasteiger partial charge in [0.05, 0.1) is 16.9 Å². The SMILES string of the molecule is Cc1cccc(C(=O)Nc2ccc(N)c3ncccc23)n1. The van der Waals surface area contributed by atoms with Gasteiger partial charge in [-0.2, -0.15) is 0 Å². The molecule has 21 heavy (non-hydrogen) atoms. The largest absolute Gasteiger partial charge is 0.397 e. The van der Waals surface area contributed by atoms with Crippen LogP contribution < -0.4 is 11.1 Å². The summed E-state index contributed by atoms with van der Waals surface area (Å²) < 4.78 is 0. The minimum atomic E-state index is -0.256. The molecule has 0 aliphatic heterocycles. The fourth-order valence-corrected chi connectivity index (χ4v) is 2.16. The first-order chi connectivity index (χ1) is 10.1. The second-order valence-corrected chi connectivity index (χ2v) is 4.72. The smallest absolute Gasteiger partial charge is 0.274 e. The van der Waals surface area contributed by atoms with Gasteiger partial charge < -0.3 is 11.1 Å². The summed E-state index contributed by atoms with van der Waals surface area (Å²) in [5.74, 6) is -0.256. The Labute approximate surface area is 121 Å². The average molecular weight is 278 g/mol. The number of benzene rings is 1. The zero-order chi connectivity index (χ0) is 14.8. The third kappa shape index (κ3) is 2.53. The van der Waals surface area contributed by atoms with Crippen molar-refractivity contribution in [2.75, 3.05) is 11.1 Å². The molecule has 0 fully saturated rings. The molecule has 3 rings (SSSR count). The standard InChI is InChI=1S/C16H14N4O/c1-10-4-2-6-14(19-10)16(21)20-13-8-7-12(17)15-11(13)5-3-9-18-15/h2-9H,17H2,1H3,(H,20,21). The van der Waals surface area contributed by atoms with Crippen LogP contribution in [0.1, 0.15) is 16.2 Å². The van der Waals surface area contributed by atoms with Gasteiger partial charge in [-0.25, -0.2) is 4.98 Å². The third-order valence-corrected chi connectivity index (χ3v) is 3.17. The highest BCUT2D eigenvalue weighted by atomic mass is 16.1. The lowest BCUT2D eigenvalue weighted by atomic mass is 10.1. The van der Waals surface area contributed by atoms with E-state index in [1.165, 1.54) is 0 Å². The molecular weight excluding hydrogens is 264 g/mol. The quantitative estimate of drug-likeness (QED) is 0.706. The number of hydrogen-bond donors (Lipinski definition) is 2. The summed E-state index contributed by atoms with van der Waals surface area (Å²) in [6, 6.07) is 12.5. The van der Waals surface area contributed by atoms with E-state index in [9.17, 15) is 4.79 Å². The predicted molar refractivity (Wildman–Crippen MR) is 83.1 cm³/mol. The Morgan fingerprint density at radius 1 is 1.14 bits per heavy atom. The van der Waals surface area contributed by atoms with Crippen molar-refractivity contribution in [2.24, 2.45) is 0 Å². The summed E-state index contributed by atoms with van der Waals surface area (Å²) in [5, 5.41) is 3.66. The van der Waals surface area contributed by atoms with Crippen LogP contribution in [0.3, 0.4) is 0 Å². The number of nitrogen functional groups attached to an aromatic ring is 1. The van der Waals surface area contributed by atoms with E-state index in [4.69, 9.17) is 5.73 Å². The number of aryl methyl sites for hydroxylation is 1. The van der Waals surface area contributed by atoms with E-state index in [0.717, 1.165) is 11.1 Å². The number of aromatic nitrogens is 2. The first-order valence-corrected chi connectivity index (χ1v) is 6.53. The van der Waals surface area contributed by atoms with Gasteiger partial charge in [0.1, 0.15) is 5.69 Å². The Morgan fingerprint density at radius 3 is 2.81 bits per heavy atom. The number of amides is 1. The summed E-state index contributed by atoms with van der Waals surface area (Å²) in [6.45, 7) is 1.85. The van der Waals surface area contributed by atoms with Gasteiger partial charge >= 0.3 is 0 Å². The lowest BCUT2D eigenvalue weighted by Crippen LogP contribution is -2.14. The summed E-state index contributed by atoms with van der Waals surface area (Å²) >= 11 is 0. The molecular formula is C16H14N4O. The van der Waals surface area contributed by atoms with E-state index in [0.29, 0.717) is 22.6 Å². The highest BCUT2D eigenvalue weighted by Gasteiger charge is 2.11. The van der Waals surface area contributed by atoms with Gasteiger partial charge in [0, 0.05) is 17.3 Å². The Balaban J connectivity index is 1.99. The molecule has 0 aliphatic carbocycles. The van der Waals surface area contributed by atoms with E-state index in [1.54, 1.807) is 30.5 Å². The highest BCUT2D eigenvalue weighted by Crippen LogP contribution is 2.26. The number of carbonyl (C=O) groups excluding carboxylic acids is 1. The van der Waals surface area contributed by atoms with E-state index >= 15 is 0 Å². The molecule has 2 aromatic heterocycles. The van der Waals surface area contributed by atoms with E-state index < -0.39 is 0 Å². The third-order valence-electron chi connectivity index (χ3n) is 3.17. The monoisotopic (exact) mass is 278 g/mol. The van der Waals surface area contributed by atoms with Crippen LogP contribution in [0.25, 0.3) is 10.9 Å². The van der Waals surface area contributed by atoms with Crippen LogP contribution in [0.4, 0.5) is 11.4 Å². The molecule has 1 aromatic carbocycles. The first kappa shape index (κ1) is 13.1. The summed E-state index contributed by atoms with van der Waals surface area (Å²) in [4.78, 5) is 20.7. The van der Waals surface area contributed by atoms with Crippen LogP contribution in [-0.2, 0) is 0 Å². The zero-order valence-corrected chi connectivity index (χ0v) is 11.5. The molecule has 0 unspecified atom stereocenters. The van der Waals surface area contributed by atoms with Gasteiger partial charge in [0.2, 0.25) is 0 Å². The Hall–Kier alpha value is -2.95. The molecule has 3 N–H and O–H groups in total. The number of rotatable bonds is 2. The maximum atomic E-state index is 12.3. The lowest BCUT2D eigenvalue weighted by molar-refractivity contribution is 0.102. The van der Waals surface area contributed by atoms with Crippen molar-refractivity contribution < 1.29 is 4.79 Å². The maximum absolute atomic E-state index is 12.3. The molecule has 0 spiro atoms. The summed E-state index contributed by atoms with van der Waals surface area (Å²) in [6.07, 6.45) is 1.67. The number of nitrogens with two attached hydrogens (primary N) is 1. The van der Waals surface area contributed by atoms with Crippen molar-refractivity contribution in [1.29, 1.82) is 0 Å². The van der Waals surface area contributed by atoms with Crippen LogP contribution in [0.2, 0.25) is 0 Å². The molecule has 5 heteroatoms. The van der Waals surface area contributed by atoms with Crippen LogP contribution in [0.5, 0.6) is 0 Å². The van der Waals surface area contributed by atoms with Crippen LogP contribution in [-0.4, -0.2) is 15.9 Å².